The molecule has 1 saturated heterocycles. The Kier molecular flexibility index (Phi) is 6.01. The molecule has 1 aromatic carbocycles. The standard InChI is InChI=1S/C16H24N2O4S/c1-17-9-7-16(19)18(14-8-10-23(20,21)12-14)11-13-3-5-15(22-2)6-4-13/h3-6,14,17H,7-12H2,1-2H3. The summed E-state index contributed by atoms with van der Waals surface area (Å²) in [5.41, 5.74) is 0.966. The first-order valence-electron chi connectivity index (χ1n) is 7.72. The number of sulfone groups is 1. The lowest BCUT2D eigenvalue weighted by molar-refractivity contribution is -0.133. The number of ether oxygens (including phenoxy) is 1. The van der Waals surface area contributed by atoms with Crippen LogP contribution in [0.4, 0.5) is 0 Å². The van der Waals surface area contributed by atoms with Gasteiger partial charge in [-0.1, -0.05) is 12.1 Å². The fourth-order valence-corrected chi connectivity index (χ4v) is 4.48. The van der Waals surface area contributed by atoms with Crippen LogP contribution in [0.3, 0.4) is 0 Å². The van der Waals surface area contributed by atoms with Crippen molar-refractivity contribution in [2.45, 2.75) is 25.4 Å². The van der Waals surface area contributed by atoms with Gasteiger partial charge >= 0.3 is 0 Å². The smallest absolute Gasteiger partial charge is 0.224 e. The van der Waals surface area contributed by atoms with Gasteiger partial charge in [-0.15, -0.1) is 0 Å². The van der Waals surface area contributed by atoms with Crippen LogP contribution in [0.5, 0.6) is 5.75 Å². The normalized spacial score (nSPS) is 19.5. The Balaban J connectivity index is 2.13. The molecule has 1 N–H and O–H groups in total. The number of methoxy groups -OCH3 is 1. The van der Waals surface area contributed by atoms with E-state index in [4.69, 9.17) is 4.74 Å². The van der Waals surface area contributed by atoms with E-state index in [1.807, 2.05) is 24.3 Å². The van der Waals surface area contributed by atoms with Crippen LogP contribution < -0.4 is 10.1 Å². The molecule has 0 radical (unpaired) electrons. The van der Waals surface area contributed by atoms with Gasteiger partial charge in [-0.25, -0.2) is 8.42 Å². The largest absolute Gasteiger partial charge is 0.497 e. The van der Waals surface area contributed by atoms with Crippen LogP contribution >= 0.6 is 0 Å². The van der Waals surface area contributed by atoms with E-state index >= 15 is 0 Å². The average Bonchev–Trinajstić information content (AvgIpc) is 2.90. The molecule has 0 saturated carbocycles. The third-order valence-electron chi connectivity index (χ3n) is 4.07. The summed E-state index contributed by atoms with van der Waals surface area (Å²) in [6.07, 6.45) is 0.882. The predicted octanol–water partition coefficient (Wildman–Crippen LogP) is 0.820. The minimum absolute atomic E-state index is 0.0164. The average molecular weight is 340 g/mol. The molecular weight excluding hydrogens is 316 g/mol. The van der Waals surface area contributed by atoms with E-state index in [-0.39, 0.29) is 23.5 Å². The molecule has 1 heterocycles. The maximum atomic E-state index is 12.5. The van der Waals surface area contributed by atoms with Gasteiger partial charge in [-0.3, -0.25) is 4.79 Å². The van der Waals surface area contributed by atoms with Gasteiger partial charge in [0.15, 0.2) is 9.84 Å². The molecule has 1 amide bonds. The number of nitrogens with one attached hydrogen (secondary N) is 1. The van der Waals surface area contributed by atoms with E-state index in [2.05, 4.69) is 5.32 Å². The first kappa shape index (κ1) is 17.7. The molecule has 1 fully saturated rings. The van der Waals surface area contributed by atoms with E-state index in [1.54, 1.807) is 19.1 Å². The molecule has 0 aliphatic carbocycles. The molecule has 7 heteroatoms. The van der Waals surface area contributed by atoms with E-state index < -0.39 is 9.84 Å². The summed E-state index contributed by atoms with van der Waals surface area (Å²) in [5, 5.41) is 2.96. The molecule has 6 nitrogen and oxygen atoms in total. The Morgan fingerprint density at radius 3 is 2.57 bits per heavy atom. The monoisotopic (exact) mass is 340 g/mol. The summed E-state index contributed by atoms with van der Waals surface area (Å²) in [7, 11) is 0.369. The second-order valence-electron chi connectivity index (χ2n) is 5.78. The van der Waals surface area contributed by atoms with Crippen molar-refractivity contribution in [1.82, 2.24) is 10.2 Å². The lowest BCUT2D eigenvalue weighted by Gasteiger charge is -2.28. The molecule has 0 bridgehead atoms. The van der Waals surface area contributed by atoms with E-state index in [0.717, 1.165) is 11.3 Å². The number of hydrogen-bond acceptors (Lipinski definition) is 5. The van der Waals surface area contributed by atoms with Crippen LogP contribution in [0.2, 0.25) is 0 Å². The molecule has 1 unspecified atom stereocenters. The van der Waals surface area contributed by atoms with Gasteiger partial charge in [0, 0.05) is 25.6 Å². The predicted molar refractivity (Wildman–Crippen MR) is 89.1 cm³/mol. The minimum Gasteiger partial charge on any atom is -0.497 e. The Bertz CT molecular complexity index is 628. The molecule has 1 atom stereocenters. The first-order chi connectivity index (χ1) is 10.9. The lowest BCUT2D eigenvalue weighted by Crippen LogP contribution is -2.41. The van der Waals surface area contributed by atoms with Crippen LogP contribution in [0.15, 0.2) is 24.3 Å². The molecule has 23 heavy (non-hydrogen) atoms. The molecular formula is C16H24N2O4S. The Morgan fingerprint density at radius 2 is 2.04 bits per heavy atom. The molecule has 1 aromatic rings. The summed E-state index contributed by atoms with van der Waals surface area (Å²) in [5.74, 6) is 0.965. The zero-order chi connectivity index (χ0) is 16.9. The van der Waals surface area contributed by atoms with E-state index in [1.165, 1.54) is 0 Å². The summed E-state index contributed by atoms with van der Waals surface area (Å²) in [4.78, 5) is 14.2. The fraction of sp³-hybridized carbons (Fsp3) is 0.562. The second kappa shape index (κ2) is 7.79. The van der Waals surface area contributed by atoms with E-state index in [0.29, 0.717) is 25.9 Å². The highest BCUT2D eigenvalue weighted by Crippen LogP contribution is 2.22. The highest BCUT2D eigenvalue weighted by Gasteiger charge is 2.34. The maximum absolute atomic E-state index is 12.5. The van der Waals surface area contributed by atoms with Gasteiger partial charge in [-0.2, -0.15) is 0 Å². The zero-order valence-corrected chi connectivity index (χ0v) is 14.4. The highest BCUT2D eigenvalue weighted by molar-refractivity contribution is 7.91. The van der Waals surface area contributed by atoms with Crippen molar-refractivity contribution >= 4 is 15.7 Å². The first-order valence-corrected chi connectivity index (χ1v) is 9.55. The van der Waals surface area contributed by atoms with Crippen molar-refractivity contribution in [3.8, 4) is 5.75 Å². The van der Waals surface area contributed by atoms with Crippen molar-refractivity contribution in [2.75, 3.05) is 32.2 Å². The Hall–Kier alpha value is -1.60. The van der Waals surface area contributed by atoms with Crippen LogP contribution in [-0.2, 0) is 21.2 Å². The van der Waals surface area contributed by atoms with Gasteiger partial charge in [-0.05, 0) is 31.2 Å². The SMILES string of the molecule is CNCCC(=O)N(Cc1ccc(OC)cc1)C1CCS(=O)(=O)C1. The summed E-state index contributed by atoms with van der Waals surface area (Å²) in [6.45, 7) is 1.00. The Morgan fingerprint density at radius 1 is 1.35 bits per heavy atom. The van der Waals surface area contributed by atoms with Crippen LogP contribution in [-0.4, -0.2) is 57.5 Å². The summed E-state index contributed by atoms with van der Waals surface area (Å²) < 4.78 is 28.6. The quantitative estimate of drug-likeness (QED) is 0.795. The number of rotatable bonds is 7. The molecule has 2 rings (SSSR count). The molecule has 0 aromatic heterocycles. The number of carbonyl (C=O) groups is 1. The van der Waals surface area contributed by atoms with Gasteiger partial charge in [0.25, 0.3) is 0 Å². The van der Waals surface area contributed by atoms with Crippen LogP contribution in [0.25, 0.3) is 0 Å². The molecule has 128 valence electrons. The summed E-state index contributed by atoms with van der Waals surface area (Å²) >= 11 is 0. The number of amides is 1. The van der Waals surface area contributed by atoms with E-state index in [9.17, 15) is 13.2 Å². The van der Waals surface area contributed by atoms with Crippen molar-refractivity contribution < 1.29 is 17.9 Å². The third-order valence-corrected chi connectivity index (χ3v) is 5.82. The van der Waals surface area contributed by atoms with Crippen LogP contribution in [0.1, 0.15) is 18.4 Å². The number of carbonyl (C=O) groups excluding carboxylic acids is 1. The number of benzene rings is 1. The molecule has 1 aliphatic heterocycles. The maximum Gasteiger partial charge on any atom is 0.224 e. The van der Waals surface area contributed by atoms with Gasteiger partial charge in [0.05, 0.1) is 18.6 Å². The van der Waals surface area contributed by atoms with Gasteiger partial charge in [0.2, 0.25) is 5.91 Å². The zero-order valence-electron chi connectivity index (χ0n) is 13.6. The number of nitrogens with zero attached hydrogens (tertiary/aromatic N) is 1. The van der Waals surface area contributed by atoms with Gasteiger partial charge < -0.3 is 15.0 Å². The highest BCUT2D eigenvalue weighted by atomic mass is 32.2. The summed E-state index contributed by atoms with van der Waals surface area (Å²) in [6, 6.07) is 7.27. The topological polar surface area (TPSA) is 75.7 Å². The van der Waals surface area contributed by atoms with Crippen molar-refractivity contribution in [3.63, 3.8) is 0 Å². The van der Waals surface area contributed by atoms with Crippen molar-refractivity contribution in [3.05, 3.63) is 29.8 Å². The fourth-order valence-electron chi connectivity index (χ4n) is 2.75. The number of hydrogen-bond donors (Lipinski definition) is 1. The van der Waals surface area contributed by atoms with Crippen LogP contribution in [0, 0.1) is 0 Å². The third kappa shape index (κ3) is 4.94. The molecule has 0 spiro atoms. The van der Waals surface area contributed by atoms with Gasteiger partial charge in [0.1, 0.15) is 5.75 Å². The van der Waals surface area contributed by atoms with Crippen molar-refractivity contribution in [1.29, 1.82) is 0 Å². The van der Waals surface area contributed by atoms with Crippen molar-refractivity contribution in [2.24, 2.45) is 0 Å². The lowest BCUT2D eigenvalue weighted by atomic mass is 10.1. The second-order valence-corrected chi connectivity index (χ2v) is 8.01. The Labute approximate surface area is 137 Å². The molecule has 1 aliphatic rings. The minimum atomic E-state index is -3.03.